The molecule has 0 aromatic heterocycles. The molecule has 1 aliphatic heterocycles. The maximum atomic E-state index is 11.3. The Hall–Kier alpha value is -1.57. The van der Waals surface area contributed by atoms with Crippen LogP contribution in [0.2, 0.25) is 0 Å². The Morgan fingerprint density at radius 1 is 1.37 bits per heavy atom. The largest absolute Gasteiger partial charge is 0.341 e. The quantitative estimate of drug-likeness (QED) is 0.600. The van der Waals surface area contributed by atoms with Gasteiger partial charge in [-0.3, -0.25) is 4.79 Å². The van der Waals surface area contributed by atoms with E-state index in [0.29, 0.717) is 0 Å². The van der Waals surface area contributed by atoms with Gasteiger partial charge in [-0.05, 0) is 25.3 Å². The third-order valence-electron chi connectivity index (χ3n) is 4.50. The summed E-state index contributed by atoms with van der Waals surface area (Å²) in [6, 6.07) is 8.78. The van der Waals surface area contributed by atoms with Crippen molar-refractivity contribution in [3.05, 3.63) is 47.5 Å². The van der Waals surface area contributed by atoms with Crippen LogP contribution in [0.25, 0.3) is 0 Å². The van der Waals surface area contributed by atoms with Crippen LogP contribution in [-0.4, -0.2) is 23.9 Å². The highest BCUT2D eigenvalue weighted by molar-refractivity contribution is 5.50. The molecule has 19 heavy (non-hydrogen) atoms. The van der Waals surface area contributed by atoms with Crippen molar-refractivity contribution in [2.45, 2.75) is 39.7 Å². The molecule has 1 heterocycles. The van der Waals surface area contributed by atoms with E-state index in [4.69, 9.17) is 0 Å². The number of piperidine rings is 1. The second-order valence-electron chi connectivity index (χ2n) is 6.12. The van der Waals surface area contributed by atoms with Crippen LogP contribution in [0, 0.1) is 12.3 Å². The first kappa shape index (κ1) is 13.9. The smallest absolute Gasteiger partial charge is 0.210 e. The maximum absolute atomic E-state index is 11.3. The highest BCUT2D eigenvalue weighted by Crippen LogP contribution is 2.39. The van der Waals surface area contributed by atoms with Gasteiger partial charge < -0.3 is 4.90 Å². The molecule has 102 valence electrons. The van der Waals surface area contributed by atoms with E-state index in [1.807, 2.05) is 4.90 Å². The third kappa shape index (κ3) is 2.73. The minimum atomic E-state index is -0.0238. The molecule has 1 atom stereocenters. The van der Waals surface area contributed by atoms with Crippen molar-refractivity contribution in [1.82, 2.24) is 4.90 Å². The molecule has 0 spiro atoms. The fraction of sp³-hybridized carbons (Fsp3) is 0.471. The summed E-state index contributed by atoms with van der Waals surface area (Å²) >= 11 is 0. The maximum Gasteiger partial charge on any atom is 0.210 e. The zero-order chi connectivity index (χ0) is 14.0. The van der Waals surface area contributed by atoms with Gasteiger partial charge in [0.15, 0.2) is 0 Å². The normalized spacial score (nSPS) is 22.4. The molecular weight excluding hydrogens is 234 g/mol. The predicted octanol–water partition coefficient (Wildman–Crippen LogP) is 3.35. The molecule has 0 bridgehead atoms. The van der Waals surface area contributed by atoms with Crippen LogP contribution < -0.4 is 0 Å². The molecule has 1 amide bonds. The van der Waals surface area contributed by atoms with Crippen LogP contribution in [0.4, 0.5) is 0 Å². The molecule has 1 aliphatic rings. The van der Waals surface area contributed by atoms with Crippen LogP contribution in [0.1, 0.15) is 31.4 Å². The van der Waals surface area contributed by atoms with Crippen molar-refractivity contribution < 1.29 is 4.79 Å². The minimum Gasteiger partial charge on any atom is -0.341 e. The van der Waals surface area contributed by atoms with E-state index >= 15 is 0 Å². The van der Waals surface area contributed by atoms with Gasteiger partial charge in [-0.25, -0.2) is 0 Å². The number of rotatable bonds is 3. The van der Waals surface area contributed by atoms with Crippen molar-refractivity contribution >= 4 is 6.41 Å². The molecule has 2 rings (SSSR count). The molecule has 1 aromatic carbocycles. The highest BCUT2D eigenvalue weighted by Gasteiger charge is 2.39. The highest BCUT2D eigenvalue weighted by atomic mass is 16.1. The second kappa shape index (κ2) is 5.20. The van der Waals surface area contributed by atoms with E-state index < -0.39 is 0 Å². The fourth-order valence-electron chi connectivity index (χ4n) is 2.84. The monoisotopic (exact) mass is 257 g/mol. The van der Waals surface area contributed by atoms with Gasteiger partial charge in [0.1, 0.15) is 0 Å². The number of likely N-dealkylation sites (tertiary alicyclic amines) is 1. The van der Waals surface area contributed by atoms with Crippen LogP contribution in [0.15, 0.2) is 36.4 Å². The van der Waals surface area contributed by atoms with Crippen LogP contribution >= 0.6 is 0 Å². The van der Waals surface area contributed by atoms with Crippen molar-refractivity contribution in [2.24, 2.45) is 5.41 Å². The van der Waals surface area contributed by atoms with E-state index in [0.717, 1.165) is 25.8 Å². The predicted molar refractivity (Wildman–Crippen MR) is 79.0 cm³/mol. The van der Waals surface area contributed by atoms with Crippen LogP contribution in [-0.2, 0) is 11.2 Å². The summed E-state index contributed by atoms with van der Waals surface area (Å²) in [6.07, 6.45) is 2.80. The van der Waals surface area contributed by atoms with Crippen molar-refractivity contribution in [3.8, 4) is 0 Å². The molecule has 2 heteroatoms. The lowest BCUT2D eigenvalue weighted by Crippen LogP contribution is -2.51. The molecule has 0 radical (unpaired) electrons. The SMILES string of the molecule is C=C1CCN(C=O)[C@H](Cc2ccc(C)cc2)C1(C)C. The Kier molecular flexibility index (Phi) is 3.79. The number of nitrogens with zero attached hydrogens (tertiary/aromatic N) is 1. The lowest BCUT2D eigenvalue weighted by atomic mass is 9.71. The van der Waals surface area contributed by atoms with E-state index in [9.17, 15) is 4.79 Å². The van der Waals surface area contributed by atoms with Crippen LogP contribution in [0.5, 0.6) is 0 Å². The van der Waals surface area contributed by atoms with Gasteiger partial charge in [-0.2, -0.15) is 0 Å². The van der Waals surface area contributed by atoms with Gasteiger partial charge in [0.2, 0.25) is 6.41 Å². The number of hydrogen-bond acceptors (Lipinski definition) is 1. The summed E-state index contributed by atoms with van der Waals surface area (Å²) in [6.45, 7) is 11.5. The molecule has 0 saturated carbocycles. The lowest BCUT2D eigenvalue weighted by molar-refractivity contribution is -0.123. The lowest BCUT2D eigenvalue weighted by Gasteiger charge is -2.46. The zero-order valence-electron chi connectivity index (χ0n) is 12.1. The standard InChI is InChI=1S/C17H23NO/c1-13-5-7-15(8-6-13)11-16-17(3,4)14(2)9-10-18(16)12-19/h5-8,12,16H,2,9-11H2,1,3-4H3/t16-/m1/s1. The first-order valence-electron chi connectivity index (χ1n) is 6.90. The van der Waals surface area contributed by atoms with Crippen molar-refractivity contribution in [2.75, 3.05) is 6.54 Å². The van der Waals surface area contributed by atoms with Crippen LogP contribution in [0.3, 0.4) is 0 Å². The van der Waals surface area contributed by atoms with E-state index in [-0.39, 0.29) is 11.5 Å². The topological polar surface area (TPSA) is 20.3 Å². The second-order valence-corrected chi connectivity index (χ2v) is 6.12. The number of hydrogen-bond donors (Lipinski definition) is 0. The minimum absolute atomic E-state index is 0.0238. The number of benzene rings is 1. The zero-order valence-corrected chi connectivity index (χ0v) is 12.1. The first-order chi connectivity index (χ1) is 8.95. The fourth-order valence-corrected chi connectivity index (χ4v) is 2.84. The van der Waals surface area contributed by atoms with Gasteiger partial charge in [0, 0.05) is 18.0 Å². The Labute approximate surface area is 116 Å². The number of amides is 1. The third-order valence-corrected chi connectivity index (χ3v) is 4.50. The van der Waals surface area contributed by atoms with Gasteiger partial charge in [0.25, 0.3) is 0 Å². The molecule has 1 saturated heterocycles. The van der Waals surface area contributed by atoms with E-state index in [2.05, 4.69) is 51.6 Å². The summed E-state index contributed by atoms with van der Waals surface area (Å²) in [5.74, 6) is 0. The Morgan fingerprint density at radius 2 is 2.00 bits per heavy atom. The Morgan fingerprint density at radius 3 is 2.58 bits per heavy atom. The average molecular weight is 257 g/mol. The van der Waals surface area contributed by atoms with E-state index in [1.54, 1.807) is 0 Å². The molecule has 0 N–H and O–H groups in total. The van der Waals surface area contributed by atoms with Gasteiger partial charge >= 0.3 is 0 Å². The number of carbonyl (C=O) groups is 1. The molecular formula is C17H23NO. The molecule has 1 fully saturated rings. The number of carbonyl (C=O) groups excluding carboxylic acids is 1. The molecule has 1 aromatic rings. The summed E-state index contributed by atoms with van der Waals surface area (Å²) < 4.78 is 0. The van der Waals surface area contributed by atoms with E-state index in [1.165, 1.54) is 16.7 Å². The first-order valence-corrected chi connectivity index (χ1v) is 6.90. The van der Waals surface area contributed by atoms with Crippen molar-refractivity contribution in [1.29, 1.82) is 0 Å². The molecule has 0 aliphatic carbocycles. The summed E-state index contributed by atoms with van der Waals surface area (Å²) in [7, 11) is 0. The summed E-state index contributed by atoms with van der Waals surface area (Å²) in [5, 5.41) is 0. The van der Waals surface area contributed by atoms with Gasteiger partial charge in [-0.15, -0.1) is 0 Å². The summed E-state index contributed by atoms with van der Waals surface area (Å²) in [4.78, 5) is 13.2. The van der Waals surface area contributed by atoms with Gasteiger partial charge in [-0.1, -0.05) is 55.8 Å². The molecule has 2 nitrogen and oxygen atoms in total. The Bertz CT molecular complexity index is 473. The average Bonchev–Trinajstić information content (AvgIpc) is 2.38. The molecule has 0 unspecified atom stereocenters. The Balaban J connectivity index is 2.25. The summed E-state index contributed by atoms with van der Waals surface area (Å²) in [5.41, 5.74) is 3.78. The number of aryl methyl sites for hydroxylation is 1. The van der Waals surface area contributed by atoms with Gasteiger partial charge in [0.05, 0.1) is 0 Å². The van der Waals surface area contributed by atoms with Crippen molar-refractivity contribution in [3.63, 3.8) is 0 Å².